The van der Waals surface area contributed by atoms with Crippen molar-refractivity contribution < 1.29 is 31.5 Å². The predicted molar refractivity (Wildman–Crippen MR) is 87.4 cm³/mol. The third kappa shape index (κ3) is 4.10. The van der Waals surface area contributed by atoms with Crippen molar-refractivity contribution in [1.29, 1.82) is 0 Å². The summed E-state index contributed by atoms with van der Waals surface area (Å²) < 4.78 is 63.9. The van der Waals surface area contributed by atoms with Gasteiger partial charge in [-0.3, -0.25) is 14.6 Å². The molecule has 5 nitrogen and oxygen atoms in total. The Kier molecular flexibility index (Phi) is 5.30. The highest BCUT2D eigenvalue weighted by Crippen LogP contribution is 2.27. The largest absolute Gasteiger partial charge is 0.433 e. The van der Waals surface area contributed by atoms with Crippen molar-refractivity contribution >= 4 is 11.8 Å². The molecule has 0 spiro atoms. The standard InChI is InChI=1S/C18H14F5N3O2/c19-13-3-1-11(9-14(13)20)16(27)25-5-7-26(8-6-25)17(28)12-2-4-15(24-10-12)18(21,22)23/h1-4,9-10H,5-8H2. The van der Waals surface area contributed by atoms with Crippen molar-refractivity contribution in [2.75, 3.05) is 26.2 Å². The highest BCUT2D eigenvalue weighted by molar-refractivity contribution is 5.95. The number of alkyl halides is 3. The Morgan fingerprint density at radius 2 is 1.36 bits per heavy atom. The summed E-state index contributed by atoms with van der Waals surface area (Å²) in [7, 11) is 0. The fraction of sp³-hybridized carbons (Fsp3) is 0.278. The van der Waals surface area contributed by atoms with Crippen molar-refractivity contribution in [3.8, 4) is 0 Å². The molecule has 0 unspecified atom stereocenters. The number of aromatic nitrogens is 1. The van der Waals surface area contributed by atoms with Gasteiger partial charge in [-0.15, -0.1) is 0 Å². The number of pyridine rings is 1. The lowest BCUT2D eigenvalue weighted by molar-refractivity contribution is -0.141. The fourth-order valence-corrected chi connectivity index (χ4v) is 2.79. The van der Waals surface area contributed by atoms with Crippen LogP contribution in [0.2, 0.25) is 0 Å². The Hall–Kier alpha value is -3.04. The van der Waals surface area contributed by atoms with Crippen LogP contribution in [0.15, 0.2) is 36.5 Å². The molecule has 0 N–H and O–H groups in total. The molecular weight excluding hydrogens is 385 g/mol. The number of halogens is 5. The topological polar surface area (TPSA) is 53.5 Å². The Bertz CT molecular complexity index is 891. The van der Waals surface area contributed by atoms with Crippen molar-refractivity contribution in [2.24, 2.45) is 0 Å². The molecule has 1 aliphatic rings. The van der Waals surface area contributed by atoms with E-state index in [1.807, 2.05) is 0 Å². The van der Waals surface area contributed by atoms with Crippen LogP contribution >= 0.6 is 0 Å². The van der Waals surface area contributed by atoms with E-state index < -0.39 is 35.3 Å². The van der Waals surface area contributed by atoms with Gasteiger partial charge in [0.25, 0.3) is 11.8 Å². The van der Waals surface area contributed by atoms with Gasteiger partial charge in [-0.2, -0.15) is 13.2 Å². The molecule has 0 bridgehead atoms. The van der Waals surface area contributed by atoms with Crippen LogP contribution < -0.4 is 0 Å². The van der Waals surface area contributed by atoms with Crippen molar-refractivity contribution in [2.45, 2.75) is 6.18 Å². The van der Waals surface area contributed by atoms with E-state index in [4.69, 9.17) is 0 Å². The third-order valence-electron chi connectivity index (χ3n) is 4.32. The zero-order chi connectivity index (χ0) is 20.5. The Morgan fingerprint density at radius 3 is 1.82 bits per heavy atom. The molecule has 10 heteroatoms. The maximum atomic E-state index is 13.3. The number of amides is 2. The molecule has 0 radical (unpaired) electrons. The van der Waals surface area contributed by atoms with Gasteiger partial charge in [-0.1, -0.05) is 0 Å². The molecule has 28 heavy (non-hydrogen) atoms. The van der Waals surface area contributed by atoms with Crippen LogP contribution in [0.1, 0.15) is 26.4 Å². The number of hydrogen-bond donors (Lipinski definition) is 0. The maximum Gasteiger partial charge on any atom is 0.433 e. The van der Waals surface area contributed by atoms with Gasteiger partial charge in [0.05, 0.1) is 5.56 Å². The average Bonchev–Trinajstić information content (AvgIpc) is 2.68. The summed E-state index contributed by atoms with van der Waals surface area (Å²) in [6, 6.07) is 4.63. The van der Waals surface area contributed by atoms with Gasteiger partial charge >= 0.3 is 6.18 Å². The molecule has 1 aromatic carbocycles. The number of piperazine rings is 1. The predicted octanol–water partition coefficient (Wildman–Crippen LogP) is 2.98. The van der Waals surface area contributed by atoms with Crippen LogP contribution in [0.4, 0.5) is 22.0 Å². The molecule has 0 aliphatic carbocycles. The fourth-order valence-electron chi connectivity index (χ4n) is 2.79. The zero-order valence-corrected chi connectivity index (χ0v) is 14.3. The van der Waals surface area contributed by atoms with E-state index in [9.17, 15) is 31.5 Å². The summed E-state index contributed by atoms with van der Waals surface area (Å²) in [6.45, 7) is 0.597. The maximum absolute atomic E-state index is 13.3. The van der Waals surface area contributed by atoms with E-state index in [0.29, 0.717) is 0 Å². The summed E-state index contributed by atoms with van der Waals surface area (Å²) in [4.78, 5) is 30.8. The first-order valence-corrected chi connectivity index (χ1v) is 8.23. The molecule has 0 atom stereocenters. The number of carbonyl (C=O) groups excluding carboxylic acids is 2. The quantitative estimate of drug-likeness (QED) is 0.730. The minimum absolute atomic E-state index is 0.00776. The second kappa shape index (κ2) is 7.53. The van der Waals surface area contributed by atoms with E-state index >= 15 is 0 Å². The van der Waals surface area contributed by atoms with Crippen LogP contribution in [0.3, 0.4) is 0 Å². The smallest absolute Gasteiger partial charge is 0.335 e. The summed E-state index contributed by atoms with van der Waals surface area (Å²) >= 11 is 0. The number of benzene rings is 1. The van der Waals surface area contributed by atoms with Crippen molar-refractivity contribution in [3.63, 3.8) is 0 Å². The molecule has 2 heterocycles. The Balaban J connectivity index is 1.62. The Morgan fingerprint density at radius 1 is 0.821 bits per heavy atom. The number of rotatable bonds is 2. The van der Waals surface area contributed by atoms with E-state index in [0.717, 1.165) is 30.5 Å². The van der Waals surface area contributed by atoms with Crippen molar-refractivity contribution in [3.05, 3.63) is 65.0 Å². The van der Waals surface area contributed by atoms with E-state index in [1.54, 1.807) is 0 Å². The highest BCUT2D eigenvalue weighted by Gasteiger charge is 2.33. The summed E-state index contributed by atoms with van der Waals surface area (Å²) in [5.41, 5.74) is -1.09. The van der Waals surface area contributed by atoms with E-state index in [2.05, 4.69) is 4.98 Å². The van der Waals surface area contributed by atoms with Gasteiger partial charge < -0.3 is 9.80 Å². The van der Waals surface area contributed by atoms with Gasteiger partial charge in [0.2, 0.25) is 0 Å². The molecular formula is C18H14F5N3O2. The number of carbonyl (C=O) groups is 2. The van der Waals surface area contributed by atoms with Gasteiger partial charge in [0.1, 0.15) is 5.69 Å². The number of hydrogen-bond acceptors (Lipinski definition) is 3. The number of nitrogens with zero attached hydrogens (tertiary/aromatic N) is 3. The molecule has 0 saturated carbocycles. The molecule has 2 amide bonds. The van der Waals surface area contributed by atoms with Crippen LogP contribution in [-0.4, -0.2) is 52.8 Å². The molecule has 148 valence electrons. The first-order chi connectivity index (χ1) is 13.2. The monoisotopic (exact) mass is 399 g/mol. The molecule has 1 aromatic heterocycles. The summed E-state index contributed by atoms with van der Waals surface area (Å²) in [6.07, 6.45) is -3.72. The Labute approximate surface area is 156 Å². The third-order valence-corrected chi connectivity index (χ3v) is 4.32. The summed E-state index contributed by atoms with van der Waals surface area (Å²) in [5.74, 6) is -3.19. The SMILES string of the molecule is O=C(c1ccc(C(F)(F)F)nc1)N1CCN(C(=O)c2ccc(F)c(F)c2)CC1. The van der Waals surface area contributed by atoms with Crippen LogP contribution in [0, 0.1) is 11.6 Å². The van der Waals surface area contributed by atoms with Crippen molar-refractivity contribution in [1.82, 2.24) is 14.8 Å². The molecule has 2 aromatic rings. The van der Waals surface area contributed by atoms with E-state index in [1.165, 1.54) is 15.9 Å². The van der Waals surface area contributed by atoms with Gasteiger partial charge in [0.15, 0.2) is 11.6 Å². The summed E-state index contributed by atoms with van der Waals surface area (Å²) in [5, 5.41) is 0. The van der Waals surface area contributed by atoms with Gasteiger partial charge in [-0.25, -0.2) is 8.78 Å². The van der Waals surface area contributed by atoms with E-state index in [-0.39, 0.29) is 37.3 Å². The lowest BCUT2D eigenvalue weighted by Gasteiger charge is -2.34. The zero-order valence-electron chi connectivity index (χ0n) is 14.3. The lowest BCUT2D eigenvalue weighted by atomic mass is 10.1. The highest BCUT2D eigenvalue weighted by atomic mass is 19.4. The van der Waals surface area contributed by atoms with Gasteiger partial charge in [0, 0.05) is 37.9 Å². The van der Waals surface area contributed by atoms with Crippen LogP contribution in [0.5, 0.6) is 0 Å². The molecule has 1 fully saturated rings. The molecule has 1 aliphatic heterocycles. The first-order valence-electron chi connectivity index (χ1n) is 8.23. The normalized spacial score (nSPS) is 14.9. The van der Waals surface area contributed by atoms with Crippen LogP contribution in [0.25, 0.3) is 0 Å². The second-order valence-electron chi connectivity index (χ2n) is 6.14. The minimum Gasteiger partial charge on any atom is -0.335 e. The van der Waals surface area contributed by atoms with Crippen LogP contribution in [-0.2, 0) is 6.18 Å². The lowest BCUT2D eigenvalue weighted by Crippen LogP contribution is -2.50. The van der Waals surface area contributed by atoms with Gasteiger partial charge in [-0.05, 0) is 30.3 Å². The average molecular weight is 399 g/mol. The minimum atomic E-state index is -4.59. The first kappa shape index (κ1) is 19.7. The second-order valence-corrected chi connectivity index (χ2v) is 6.14. The molecule has 3 rings (SSSR count). The molecule has 1 saturated heterocycles.